The van der Waals surface area contributed by atoms with Crippen molar-refractivity contribution < 1.29 is 46.8 Å². The number of ketones is 1. The fourth-order valence-electron chi connectivity index (χ4n) is 3.67. The second kappa shape index (κ2) is 14.0. The Labute approximate surface area is 230 Å². The summed E-state index contributed by atoms with van der Waals surface area (Å²) < 4.78 is 53.9. The first kappa shape index (κ1) is 30.0. The molecule has 2 aromatic carbocycles. The lowest BCUT2D eigenvalue weighted by atomic mass is 10.0. The molecule has 0 bridgehead atoms. The molecule has 0 aliphatic heterocycles. The highest BCUT2D eigenvalue weighted by Crippen LogP contribution is 2.32. The van der Waals surface area contributed by atoms with Crippen molar-refractivity contribution in [1.29, 1.82) is 0 Å². The molecule has 0 N–H and O–H groups in total. The van der Waals surface area contributed by atoms with Gasteiger partial charge in [0.15, 0.2) is 29.1 Å². The number of hydrogen-bond donors (Lipinski definition) is 0. The molecule has 9 nitrogen and oxygen atoms in total. The number of aromatic nitrogens is 1. The van der Waals surface area contributed by atoms with Crippen molar-refractivity contribution in [3.63, 3.8) is 0 Å². The Morgan fingerprint density at radius 1 is 0.925 bits per heavy atom. The van der Waals surface area contributed by atoms with Crippen LogP contribution in [0, 0.1) is 17.6 Å². The van der Waals surface area contributed by atoms with Gasteiger partial charge in [0.1, 0.15) is 23.5 Å². The van der Waals surface area contributed by atoms with E-state index in [-0.39, 0.29) is 23.6 Å². The van der Waals surface area contributed by atoms with E-state index in [1.54, 1.807) is 6.92 Å². The number of esters is 2. The van der Waals surface area contributed by atoms with E-state index in [1.807, 2.05) is 0 Å². The third kappa shape index (κ3) is 8.23. The largest absolute Gasteiger partial charge is 0.493 e. The summed E-state index contributed by atoms with van der Waals surface area (Å²) >= 11 is 0. The van der Waals surface area contributed by atoms with Crippen LogP contribution in [0.25, 0.3) is 0 Å². The maximum Gasteiger partial charge on any atom is 0.309 e. The van der Waals surface area contributed by atoms with Gasteiger partial charge < -0.3 is 23.7 Å². The van der Waals surface area contributed by atoms with Gasteiger partial charge in [-0.15, -0.1) is 0 Å². The third-order valence-electron chi connectivity index (χ3n) is 5.72. The molecule has 3 atom stereocenters. The minimum atomic E-state index is -0.899. The number of carbonyl (C=O) groups is 3. The minimum Gasteiger partial charge on any atom is -0.493 e. The molecule has 3 aromatic rings. The summed E-state index contributed by atoms with van der Waals surface area (Å²) in [5.41, 5.74) is 0.410. The second-order valence-electron chi connectivity index (χ2n) is 8.80. The predicted molar refractivity (Wildman–Crippen MR) is 138 cm³/mol. The summed E-state index contributed by atoms with van der Waals surface area (Å²) in [5.74, 6) is -3.14. The Kier molecular flexibility index (Phi) is 10.5. The summed E-state index contributed by atoms with van der Waals surface area (Å²) in [6.07, 6.45) is -0.677. The van der Waals surface area contributed by atoms with Gasteiger partial charge in [0.25, 0.3) is 0 Å². The highest BCUT2D eigenvalue weighted by Gasteiger charge is 2.29. The number of hydrogen-bond acceptors (Lipinski definition) is 9. The minimum absolute atomic E-state index is 0.0331. The summed E-state index contributed by atoms with van der Waals surface area (Å²) in [6.45, 7) is 3.84. The van der Waals surface area contributed by atoms with Crippen LogP contribution in [-0.2, 0) is 19.1 Å². The fourth-order valence-corrected chi connectivity index (χ4v) is 3.67. The molecule has 3 rings (SSSR count). The Balaban J connectivity index is 1.73. The number of ether oxygens (including phenoxy) is 5. The Morgan fingerprint density at radius 3 is 2.15 bits per heavy atom. The van der Waals surface area contributed by atoms with E-state index in [4.69, 9.17) is 23.7 Å². The summed E-state index contributed by atoms with van der Waals surface area (Å²) in [5, 5.41) is 0. The molecule has 0 saturated heterocycles. The number of benzene rings is 2. The molecule has 0 aliphatic carbocycles. The first-order valence-corrected chi connectivity index (χ1v) is 12.3. The zero-order valence-corrected chi connectivity index (χ0v) is 22.4. The molecule has 0 fully saturated rings. The topological polar surface area (TPSA) is 110 Å². The van der Waals surface area contributed by atoms with E-state index in [0.29, 0.717) is 11.3 Å². The Bertz CT molecular complexity index is 1310. The van der Waals surface area contributed by atoms with Crippen LogP contribution in [0.1, 0.15) is 49.3 Å². The van der Waals surface area contributed by atoms with Crippen LogP contribution in [0.15, 0.2) is 60.8 Å². The highest BCUT2D eigenvalue weighted by molar-refractivity contribution is 5.99. The monoisotopic (exact) mass is 557 g/mol. The summed E-state index contributed by atoms with van der Waals surface area (Å²) in [7, 11) is 1.37. The molecule has 0 unspecified atom stereocenters. The standard InChI is InChI=1S/C29H29F2NO8/c1-17(15-24(34)26-28(38-16-37-19(3)33)25(36-4)13-14-32-26)29(35)39-18(2)27(20-5-7-21(30)8-6-20)40-23-11-9-22(31)10-12-23/h5-14,17-18,27H,15-16H2,1-4H3/t17-,18+,27+/m1/s1. The van der Waals surface area contributed by atoms with Crippen molar-refractivity contribution in [3.05, 3.63) is 83.7 Å². The number of methoxy groups -OCH3 is 1. The second-order valence-corrected chi connectivity index (χ2v) is 8.80. The van der Waals surface area contributed by atoms with Crippen LogP contribution < -0.4 is 14.2 Å². The average Bonchev–Trinajstić information content (AvgIpc) is 2.93. The van der Waals surface area contributed by atoms with Gasteiger partial charge in [0.05, 0.1) is 13.0 Å². The van der Waals surface area contributed by atoms with Gasteiger partial charge in [0, 0.05) is 25.6 Å². The van der Waals surface area contributed by atoms with Crippen molar-refractivity contribution in [1.82, 2.24) is 4.98 Å². The lowest BCUT2D eigenvalue weighted by molar-refractivity contribution is -0.157. The number of carbonyl (C=O) groups excluding carboxylic acids is 3. The molecular formula is C29H29F2NO8. The molecule has 40 heavy (non-hydrogen) atoms. The summed E-state index contributed by atoms with van der Waals surface area (Å²) in [6, 6.07) is 12.2. The maximum atomic E-state index is 13.5. The van der Waals surface area contributed by atoms with Crippen LogP contribution in [0.2, 0.25) is 0 Å². The van der Waals surface area contributed by atoms with E-state index in [0.717, 1.165) is 0 Å². The van der Waals surface area contributed by atoms with Crippen LogP contribution in [0.5, 0.6) is 17.2 Å². The van der Waals surface area contributed by atoms with Crippen LogP contribution in [-0.4, -0.2) is 42.7 Å². The Hall–Kier alpha value is -4.54. The first-order valence-electron chi connectivity index (χ1n) is 12.3. The first-order chi connectivity index (χ1) is 19.1. The fraction of sp³-hybridized carbons (Fsp3) is 0.310. The van der Waals surface area contributed by atoms with E-state index in [2.05, 4.69) is 4.98 Å². The van der Waals surface area contributed by atoms with Crippen molar-refractivity contribution in [2.24, 2.45) is 5.92 Å². The smallest absolute Gasteiger partial charge is 0.309 e. The predicted octanol–water partition coefficient (Wildman–Crippen LogP) is 5.23. The van der Waals surface area contributed by atoms with Gasteiger partial charge in [0.2, 0.25) is 6.79 Å². The number of rotatable bonds is 13. The Morgan fingerprint density at radius 2 is 1.55 bits per heavy atom. The molecule has 1 aromatic heterocycles. The van der Waals surface area contributed by atoms with Gasteiger partial charge in [-0.25, -0.2) is 13.8 Å². The van der Waals surface area contributed by atoms with E-state index >= 15 is 0 Å². The van der Waals surface area contributed by atoms with E-state index < -0.39 is 54.3 Å². The highest BCUT2D eigenvalue weighted by atomic mass is 19.1. The molecule has 0 saturated carbocycles. The van der Waals surface area contributed by atoms with Gasteiger partial charge in [-0.3, -0.25) is 14.4 Å². The zero-order valence-electron chi connectivity index (χ0n) is 22.4. The van der Waals surface area contributed by atoms with Crippen molar-refractivity contribution in [2.45, 2.75) is 39.4 Å². The molecule has 0 spiro atoms. The van der Waals surface area contributed by atoms with Crippen molar-refractivity contribution in [2.75, 3.05) is 13.9 Å². The third-order valence-corrected chi connectivity index (χ3v) is 5.72. The number of nitrogens with zero attached hydrogens (tertiary/aromatic N) is 1. The SMILES string of the molecule is COc1ccnc(C(=O)C[C@@H](C)C(=O)O[C@@H](C)[C@H](Oc2ccc(F)cc2)c2ccc(F)cc2)c1OCOC(C)=O. The lowest BCUT2D eigenvalue weighted by Crippen LogP contribution is -2.30. The van der Waals surface area contributed by atoms with E-state index in [1.165, 1.54) is 81.8 Å². The molecule has 0 radical (unpaired) electrons. The zero-order chi connectivity index (χ0) is 29.2. The van der Waals surface area contributed by atoms with Crippen molar-refractivity contribution in [3.8, 4) is 17.2 Å². The van der Waals surface area contributed by atoms with Crippen molar-refractivity contribution >= 4 is 17.7 Å². The average molecular weight is 558 g/mol. The maximum absolute atomic E-state index is 13.5. The molecule has 1 heterocycles. The molecule has 212 valence electrons. The molecule has 0 amide bonds. The van der Waals surface area contributed by atoms with Crippen LogP contribution in [0.3, 0.4) is 0 Å². The van der Waals surface area contributed by atoms with Gasteiger partial charge in [-0.1, -0.05) is 19.1 Å². The molecule has 11 heteroatoms. The number of halogens is 2. The van der Waals surface area contributed by atoms with Crippen LogP contribution in [0.4, 0.5) is 8.78 Å². The van der Waals surface area contributed by atoms with Gasteiger partial charge >= 0.3 is 11.9 Å². The summed E-state index contributed by atoms with van der Waals surface area (Å²) in [4.78, 5) is 41.2. The van der Waals surface area contributed by atoms with Crippen LogP contribution >= 0.6 is 0 Å². The van der Waals surface area contributed by atoms with Gasteiger partial charge in [-0.2, -0.15) is 0 Å². The number of pyridine rings is 1. The normalized spacial score (nSPS) is 12.9. The molecular weight excluding hydrogens is 528 g/mol. The molecule has 0 aliphatic rings. The number of Topliss-reactive ketones (excluding diaryl/α,β-unsaturated/α-hetero) is 1. The van der Waals surface area contributed by atoms with Gasteiger partial charge in [-0.05, 0) is 48.9 Å². The lowest BCUT2D eigenvalue weighted by Gasteiger charge is -2.26. The quantitative estimate of drug-likeness (QED) is 0.159. The van der Waals surface area contributed by atoms with E-state index in [9.17, 15) is 23.2 Å².